The third kappa shape index (κ3) is 5.58. The Kier molecular flexibility index (Phi) is 6.53. The van der Waals surface area contributed by atoms with E-state index < -0.39 is 15.8 Å². The van der Waals surface area contributed by atoms with Crippen LogP contribution in [0.15, 0.2) is 17.1 Å². The average molecular weight is 324 g/mol. The van der Waals surface area contributed by atoms with E-state index in [4.69, 9.17) is 5.73 Å². The fourth-order valence-corrected chi connectivity index (χ4v) is 2.95. The van der Waals surface area contributed by atoms with Crippen molar-refractivity contribution in [1.29, 1.82) is 0 Å². The Labute approximate surface area is 124 Å². The van der Waals surface area contributed by atoms with Crippen molar-refractivity contribution in [2.45, 2.75) is 25.5 Å². The molecular weight excluding hydrogens is 302 g/mol. The van der Waals surface area contributed by atoms with Crippen molar-refractivity contribution in [1.82, 2.24) is 9.62 Å². The molecule has 0 atom stereocenters. The second-order valence-corrected chi connectivity index (χ2v) is 7.09. The summed E-state index contributed by atoms with van der Waals surface area (Å²) in [6.07, 6.45) is 1.04. The molecule has 0 aromatic rings. The lowest BCUT2D eigenvalue weighted by molar-refractivity contribution is 0.204. The van der Waals surface area contributed by atoms with Crippen LogP contribution in [0.2, 0.25) is 0 Å². The molecule has 1 heterocycles. The molecule has 0 aromatic heterocycles. The van der Waals surface area contributed by atoms with Gasteiger partial charge in [0.1, 0.15) is 0 Å². The lowest BCUT2D eigenvalue weighted by Crippen LogP contribution is -2.44. The second-order valence-electron chi connectivity index (χ2n) is 5.19. The van der Waals surface area contributed by atoms with Gasteiger partial charge in [0.25, 0.3) is 10.0 Å². The van der Waals surface area contributed by atoms with E-state index in [1.807, 2.05) is 6.92 Å². The number of aliphatic imine (C=N–C) groups is 1. The molecule has 1 aliphatic rings. The van der Waals surface area contributed by atoms with Crippen LogP contribution in [0.4, 0.5) is 8.78 Å². The summed E-state index contributed by atoms with van der Waals surface area (Å²) < 4.78 is 48.3. The Morgan fingerprint density at radius 1 is 1.48 bits per heavy atom. The summed E-state index contributed by atoms with van der Waals surface area (Å²) in [6, 6.07) is 0. The highest BCUT2D eigenvalue weighted by atomic mass is 32.2. The predicted octanol–water partition coefficient (Wildman–Crippen LogP) is 0.731. The van der Waals surface area contributed by atoms with Crippen LogP contribution in [0, 0.1) is 5.92 Å². The fraction of sp³-hybridized carbons (Fsp3) is 0.750. The third-order valence-electron chi connectivity index (χ3n) is 3.25. The van der Waals surface area contributed by atoms with Crippen LogP contribution in [0.5, 0.6) is 0 Å². The van der Waals surface area contributed by atoms with Crippen molar-refractivity contribution in [3.05, 3.63) is 12.2 Å². The van der Waals surface area contributed by atoms with Crippen LogP contribution in [0.3, 0.4) is 0 Å². The summed E-state index contributed by atoms with van der Waals surface area (Å²) in [5, 5.41) is 2.95. The van der Waals surface area contributed by atoms with Crippen molar-refractivity contribution < 1.29 is 17.2 Å². The third-order valence-corrected chi connectivity index (χ3v) is 4.78. The first-order valence-corrected chi connectivity index (χ1v) is 8.19. The number of piperidine rings is 1. The number of nitrogens with one attached hydrogen (secondary N) is 1. The molecule has 0 radical (unpaired) electrons. The summed E-state index contributed by atoms with van der Waals surface area (Å²) in [5.74, 6) is -2.86. The van der Waals surface area contributed by atoms with Gasteiger partial charge in [-0.2, -0.15) is 13.1 Å². The maximum absolute atomic E-state index is 12.4. The van der Waals surface area contributed by atoms with Crippen molar-refractivity contribution in [2.24, 2.45) is 16.6 Å². The van der Waals surface area contributed by atoms with E-state index in [1.54, 1.807) is 0 Å². The van der Waals surface area contributed by atoms with E-state index in [-0.39, 0.29) is 19.0 Å². The van der Waals surface area contributed by atoms with Gasteiger partial charge in [-0.1, -0.05) is 12.2 Å². The Balaban J connectivity index is 2.37. The second kappa shape index (κ2) is 7.69. The molecule has 9 heteroatoms. The van der Waals surface area contributed by atoms with Gasteiger partial charge in [-0.15, -0.1) is 0 Å². The number of nitrogens with zero attached hydrogens (tertiary/aromatic N) is 2. The van der Waals surface area contributed by atoms with Crippen LogP contribution in [0.25, 0.3) is 0 Å². The molecule has 0 unspecified atom stereocenters. The normalized spacial score (nSPS) is 19.0. The lowest BCUT2D eigenvalue weighted by Gasteiger charge is -2.30. The minimum atomic E-state index is -4.45. The van der Waals surface area contributed by atoms with Gasteiger partial charge < -0.3 is 11.1 Å². The fourth-order valence-electron chi connectivity index (χ4n) is 2.01. The van der Waals surface area contributed by atoms with Gasteiger partial charge in [0.2, 0.25) is 0 Å². The Bertz CT molecular complexity index is 485. The van der Waals surface area contributed by atoms with Crippen LogP contribution >= 0.6 is 0 Å². The zero-order valence-electron chi connectivity index (χ0n) is 12.1. The van der Waals surface area contributed by atoms with E-state index in [1.165, 1.54) is 0 Å². The van der Waals surface area contributed by atoms with Gasteiger partial charge in [0, 0.05) is 19.6 Å². The van der Waals surface area contributed by atoms with Crippen molar-refractivity contribution in [3.63, 3.8) is 0 Å². The molecule has 0 spiro atoms. The van der Waals surface area contributed by atoms with Gasteiger partial charge in [-0.05, 0) is 25.7 Å². The summed E-state index contributed by atoms with van der Waals surface area (Å²) in [7, 11) is -4.45. The Hall–Kier alpha value is -1.22. The highest BCUT2D eigenvalue weighted by molar-refractivity contribution is 7.89. The molecule has 1 aliphatic heterocycles. The first kappa shape index (κ1) is 17.8. The van der Waals surface area contributed by atoms with E-state index in [0.717, 1.165) is 9.88 Å². The summed E-state index contributed by atoms with van der Waals surface area (Å²) in [6.45, 7) is 6.78. The van der Waals surface area contributed by atoms with Crippen molar-refractivity contribution in [3.8, 4) is 0 Å². The molecule has 0 amide bonds. The molecule has 0 aromatic carbocycles. The van der Waals surface area contributed by atoms with Gasteiger partial charge in [0.05, 0.1) is 6.54 Å². The standard InChI is InChI=1S/C12H22F2N4O2S/c1-9(2)7-16-12(15)17-8-10-3-5-18(6-4-10)21(19,20)11(13)14/h10-11H,1,3-8H2,2H3,(H3,15,16,17). The zero-order chi connectivity index (χ0) is 16.0. The summed E-state index contributed by atoms with van der Waals surface area (Å²) >= 11 is 0. The number of hydrogen-bond donors (Lipinski definition) is 2. The number of sulfonamides is 1. The minimum Gasteiger partial charge on any atom is -0.370 e. The Morgan fingerprint density at radius 2 is 2.05 bits per heavy atom. The monoisotopic (exact) mass is 324 g/mol. The lowest BCUT2D eigenvalue weighted by atomic mass is 9.98. The number of nitrogens with two attached hydrogens (primary N) is 1. The van der Waals surface area contributed by atoms with E-state index in [2.05, 4.69) is 16.9 Å². The molecule has 21 heavy (non-hydrogen) atoms. The number of guanidine groups is 1. The van der Waals surface area contributed by atoms with Crippen LogP contribution in [-0.2, 0) is 10.0 Å². The smallest absolute Gasteiger partial charge is 0.350 e. The molecule has 0 bridgehead atoms. The maximum atomic E-state index is 12.4. The summed E-state index contributed by atoms with van der Waals surface area (Å²) in [4.78, 5) is 4.06. The van der Waals surface area contributed by atoms with Crippen LogP contribution in [0.1, 0.15) is 19.8 Å². The van der Waals surface area contributed by atoms with Crippen molar-refractivity contribution >= 4 is 16.0 Å². The van der Waals surface area contributed by atoms with E-state index in [0.29, 0.717) is 31.9 Å². The SMILES string of the molecule is C=C(C)CN=C(N)NCC1CCN(S(=O)(=O)C(F)F)CC1. The molecule has 1 rings (SSSR count). The highest BCUT2D eigenvalue weighted by Crippen LogP contribution is 2.21. The predicted molar refractivity (Wildman–Crippen MR) is 78.5 cm³/mol. The highest BCUT2D eigenvalue weighted by Gasteiger charge is 2.34. The quantitative estimate of drug-likeness (QED) is 0.428. The molecule has 122 valence electrons. The van der Waals surface area contributed by atoms with Gasteiger partial charge in [0.15, 0.2) is 5.96 Å². The molecule has 3 N–H and O–H groups in total. The molecule has 1 saturated heterocycles. The topological polar surface area (TPSA) is 87.8 Å². The van der Waals surface area contributed by atoms with E-state index >= 15 is 0 Å². The zero-order valence-corrected chi connectivity index (χ0v) is 12.9. The molecule has 6 nitrogen and oxygen atoms in total. The molecule has 1 fully saturated rings. The first-order chi connectivity index (χ1) is 9.73. The first-order valence-electron chi connectivity index (χ1n) is 6.68. The number of alkyl halides is 2. The van der Waals surface area contributed by atoms with Gasteiger partial charge in [-0.25, -0.2) is 13.4 Å². The largest absolute Gasteiger partial charge is 0.370 e. The number of halogens is 2. The molecular formula is C12H22F2N4O2S. The van der Waals surface area contributed by atoms with Crippen LogP contribution in [-0.4, -0.2) is 50.6 Å². The average Bonchev–Trinajstić information content (AvgIpc) is 2.43. The minimum absolute atomic E-state index is 0.113. The summed E-state index contributed by atoms with van der Waals surface area (Å²) in [5.41, 5.74) is 6.56. The van der Waals surface area contributed by atoms with E-state index in [9.17, 15) is 17.2 Å². The Morgan fingerprint density at radius 3 is 2.52 bits per heavy atom. The van der Waals surface area contributed by atoms with Gasteiger partial charge >= 0.3 is 5.76 Å². The molecule has 0 saturated carbocycles. The van der Waals surface area contributed by atoms with Crippen molar-refractivity contribution in [2.75, 3.05) is 26.2 Å². The number of rotatable bonds is 6. The van der Waals surface area contributed by atoms with Crippen LogP contribution < -0.4 is 11.1 Å². The maximum Gasteiger partial charge on any atom is 0.350 e. The van der Waals surface area contributed by atoms with Gasteiger partial charge in [-0.3, -0.25) is 0 Å². The molecule has 0 aliphatic carbocycles. The number of hydrogen-bond acceptors (Lipinski definition) is 3.